The Morgan fingerprint density at radius 3 is 0.562 bits per heavy atom. The van der Waals surface area contributed by atoms with Crippen LogP contribution in [0, 0.1) is 13.8 Å². The zero-order valence-electron chi connectivity index (χ0n) is 44.8. The van der Waals surface area contributed by atoms with Crippen LogP contribution in [0.25, 0.3) is 44.5 Å². The van der Waals surface area contributed by atoms with E-state index >= 15 is 0 Å². The molecular formula is C73H56O7. The number of aryl methyl sites for hydroxylation is 2. The summed E-state index contributed by atoms with van der Waals surface area (Å²) in [6.45, 7) is 3.99. The van der Waals surface area contributed by atoms with Crippen LogP contribution in [0.5, 0.6) is 34.5 Å². The van der Waals surface area contributed by atoms with Crippen molar-refractivity contribution in [1.82, 2.24) is 0 Å². The Bertz CT molecular complexity index is 3850. The second-order valence-electron chi connectivity index (χ2n) is 19.2. The van der Waals surface area contributed by atoms with Crippen LogP contribution in [0.2, 0.25) is 0 Å². The minimum Gasteiger partial charge on any atom is -0.497 e. The van der Waals surface area contributed by atoms with Crippen molar-refractivity contribution >= 4 is 17.3 Å². The van der Waals surface area contributed by atoms with Crippen LogP contribution >= 0.6 is 0 Å². The van der Waals surface area contributed by atoms with Gasteiger partial charge in [-0.2, -0.15) is 0 Å². The molecule has 0 fully saturated rings. The maximum Gasteiger partial charge on any atom is 0.193 e. The molecule has 390 valence electrons. The molecule has 11 rings (SSSR count). The average molecular weight is 1050 g/mol. The molecule has 0 N–H and O–H groups in total. The molecule has 0 saturated heterocycles. The van der Waals surface area contributed by atoms with E-state index in [2.05, 4.69) is 72.8 Å². The number of hydrogen-bond acceptors (Lipinski definition) is 7. The highest BCUT2D eigenvalue weighted by Gasteiger charge is 2.14. The van der Waals surface area contributed by atoms with Crippen molar-refractivity contribution in [3.05, 3.63) is 311 Å². The van der Waals surface area contributed by atoms with Gasteiger partial charge in [0.1, 0.15) is 34.5 Å². The quantitative estimate of drug-likeness (QED) is 0.0891. The maximum absolute atomic E-state index is 13.1. The van der Waals surface area contributed by atoms with Crippen LogP contribution in [-0.4, -0.2) is 31.6 Å². The molecule has 0 bridgehead atoms. The number of carbonyl (C=O) groups is 3. The van der Waals surface area contributed by atoms with Crippen LogP contribution in [0.4, 0.5) is 0 Å². The van der Waals surface area contributed by atoms with E-state index in [9.17, 15) is 14.4 Å². The Balaban J connectivity index is 0.000000184. The second-order valence-corrected chi connectivity index (χ2v) is 19.2. The average Bonchev–Trinajstić information content (AvgIpc) is 3.52. The molecule has 0 aliphatic rings. The summed E-state index contributed by atoms with van der Waals surface area (Å²) in [7, 11) is 3.34. The van der Waals surface area contributed by atoms with Gasteiger partial charge in [-0.15, -0.1) is 0 Å². The maximum atomic E-state index is 13.1. The zero-order chi connectivity index (χ0) is 55.4. The van der Waals surface area contributed by atoms with Gasteiger partial charge in [-0.05, 0) is 155 Å². The zero-order valence-corrected chi connectivity index (χ0v) is 44.8. The van der Waals surface area contributed by atoms with E-state index in [0.717, 1.165) is 72.9 Å². The summed E-state index contributed by atoms with van der Waals surface area (Å²) in [6.07, 6.45) is 0. The number of ketones is 3. The van der Waals surface area contributed by atoms with E-state index in [0.29, 0.717) is 50.6 Å². The molecule has 0 radical (unpaired) electrons. The molecule has 7 nitrogen and oxygen atoms in total. The molecule has 0 aliphatic heterocycles. The fraction of sp³-hybridized carbons (Fsp3) is 0.0548. The number of hydrogen-bond donors (Lipinski definition) is 0. The van der Waals surface area contributed by atoms with E-state index < -0.39 is 0 Å². The number of carbonyl (C=O) groups excluding carboxylic acids is 3. The standard InChI is InChI=1S/C40H30O4.C33H26O3/c1-27-3-5-32(6-4-27)39(41)33-11-13-34(14-12-33)40(42)35-19-25-38(26-20-35)44-37-23-17-31(18-24-37)29-9-7-28(8-10-29)30-15-21-36(43-2)22-16-30;1-23-3-5-28(6-4-23)33(34)29-15-21-32(22-16-29)36-31-19-13-27(14-20-31)25-9-7-24(8-10-25)26-11-17-30(35-2)18-12-26/h3-26H,1-2H3;3-22H,1-2H3. The first kappa shape index (κ1) is 53.0. The third-order valence-electron chi connectivity index (χ3n) is 13.7. The molecule has 0 aromatic heterocycles. The van der Waals surface area contributed by atoms with E-state index in [1.54, 1.807) is 74.9 Å². The van der Waals surface area contributed by atoms with Crippen molar-refractivity contribution in [1.29, 1.82) is 0 Å². The molecule has 0 amide bonds. The fourth-order valence-corrected chi connectivity index (χ4v) is 9.01. The summed E-state index contributed by atoms with van der Waals surface area (Å²) in [6, 6.07) is 85.2. The lowest BCUT2D eigenvalue weighted by atomic mass is 9.98. The van der Waals surface area contributed by atoms with Gasteiger partial charge in [0, 0.05) is 33.4 Å². The SMILES string of the molecule is COc1ccc(-c2ccc(-c3ccc(Oc4ccc(C(=O)c5ccc(C(=O)c6ccc(C)cc6)cc5)cc4)cc3)cc2)cc1.COc1ccc(-c2ccc(-c3ccc(Oc4ccc(C(=O)c5ccc(C)cc5)cc4)cc3)cc2)cc1. The third kappa shape index (κ3) is 13.1. The second kappa shape index (κ2) is 24.7. The Morgan fingerprint density at radius 1 is 0.212 bits per heavy atom. The Morgan fingerprint density at radius 2 is 0.362 bits per heavy atom. The van der Waals surface area contributed by atoms with E-state index in [1.165, 1.54) is 0 Å². The molecule has 0 unspecified atom stereocenters. The number of rotatable bonds is 16. The van der Waals surface area contributed by atoms with Gasteiger partial charge in [-0.1, -0.05) is 181 Å². The van der Waals surface area contributed by atoms with Gasteiger partial charge >= 0.3 is 0 Å². The predicted molar refractivity (Wildman–Crippen MR) is 320 cm³/mol. The predicted octanol–water partition coefficient (Wildman–Crippen LogP) is 18.0. The smallest absolute Gasteiger partial charge is 0.193 e. The lowest BCUT2D eigenvalue weighted by Crippen LogP contribution is -2.04. The minimum absolute atomic E-state index is 0.00362. The van der Waals surface area contributed by atoms with E-state index in [4.69, 9.17) is 18.9 Å². The van der Waals surface area contributed by atoms with E-state index in [-0.39, 0.29) is 17.3 Å². The number of benzene rings is 11. The lowest BCUT2D eigenvalue weighted by molar-refractivity contribution is 0.102. The summed E-state index contributed by atoms with van der Waals surface area (Å²) in [4.78, 5) is 38.5. The highest BCUT2D eigenvalue weighted by Crippen LogP contribution is 2.32. The van der Waals surface area contributed by atoms with Gasteiger partial charge in [-0.25, -0.2) is 0 Å². The van der Waals surface area contributed by atoms with Crippen LogP contribution in [-0.2, 0) is 0 Å². The fourth-order valence-electron chi connectivity index (χ4n) is 9.01. The summed E-state index contributed by atoms with van der Waals surface area (Å²) < 4.78 is 22.5. The summed E-state index contributed by atoms with van der Waals surface area (Å²) in [5.74, 6) is 4.28. The first-order chi connectivity index (χ1) is 39.0. The largest absolute Gasteiger partial charge is 0.497 e. The van der Waals surface area contributed by atoms with Crippen LogP contribution in [0.15, 0.2) is 267 Å². The van der Waals surface area contributed by atoms with Crippen LogP contribution in [0.1, 0.15) is 58.9 Å². The minimum atomic E-state index is -0.117. The van der Waals surface area contributed by atoms with Crippen molar-refractivity contribution in [3.63, 3.8) is 0 Å². The van der Waals surface area contributed by atoms with Crippen molar-refractivity contribution in [2.24, 2.45) is 0 Å². The molecule has 80 heavy (non-hydrogen) atoms. The molecule has 0 spiro atoms. The van der Waals surface area contributed by atoms with Crippen LogP contribution in [0.3, 0.4) is 0 Å². The summed E-state index contributed by atoms with van der Waals surface area (Å²) in [5.41, 5.74) is 14.8. The lowest BCUT2D eigenvalue weighted by Gasteiger charge is -2.09. The number of methoxy groups -OCH3 is 2. The van der Waals surface area contributed by atoms with Gasteiger partial charge in [0.2, 0.25) is 0 Å². The van der Waals surface area contributed by atoms with Gasteiger partial charge in [0.15, 0.2) is 17.3 Å². The number of ether oxygens (including phenoxy) is 4. The summed E-state index contributed by atoms with van der Waals surface area (Å²) >= 11 is 0. The first-order valence-electron chi connectivity index (χ1n) is 26.2. The topological polar surface area (TPSA) is 88.1 Å². The first-order valence-corrected chi connectivity index (χ1v) is 26.2. The highest BCUT2D eigenvalue weighted by molar-refractivity contribution is 6.12. The van der Waals surface area contributed by atoms with Crippen molar-refractivity contribution in [2.45, 2.75) is 13.8 Å². The molecular weight excluding hydrogens is 989 g/mol. The normalized spacial score (nSPS) is 10.7. The molecule has 0 atom stereocenters. The van der Waals surface area contributed by atoms with Crippen molar-refractivity contribution in [2.75, 3.05) is 14.2 Å². The Labute approximate surface area is 467 Å². The monoisotopic (exact) mass is 1040 g/mol. The van der Waals surface area contributed by atoms with Gasteiger partial charge in [0.05, 0.1) is 14.2 Å². The van der Waals surface area contributed by atoms with E-state index in [1.807, 2.05) is 147 Å². The molecule has 7 heteroatoms. The third-order valence-corrected chi connectivity index (χ3v) is 13.7. The molecule has 0 heterocycles. The van der Waals surface area contributed by atoms with Gasteiger partial charge in [0.25, 0.3) is 0 Å². The summed E-state index contributed by atoms with van der Waals surface area (Å²) in [5, 5.41) is 0. The molecule has 11 aromatic rings. The Kier molecular flexibility index (Phi) is 16.4. The van der Waals surface area contributed by atoms with Crippen molar-refractivity contribution < 1.29 is 33.3 Å². The Hall–Kier alpha value is -10.4. The molecule has 11 aromatic carbocycles. The molecule has 0 saturated carbocycles. The highest BCUT2D eigenvalue weighted by atomic mass is 16.5. The van der Waals surface area contributed by atoms with Gasteiger partial charge < -0.3 is 18.9 Å². The van der Waals surface area contributed by atoms with Gasteiger partial charge in [-0.3, -0.25) is 14.4 Å². The van der Waals surface area contributed by atoms with Crippen molar-refractivity contribution in [3.8, 4) is 79.0 Å². The van der Waals surface area contributed by atoms with Crippen LogP contribution < -0.4 is 18.9 Å². The molecule has 0 aliphatic carbocycles.